The summed E-state index contributed by atoms with van der Waals surface area (Å²) >= 11 is 0. The van der Waals surface area contributed by atoms with Crippen LogP contribution in [0, 0.1) is 0 Å². The number of carbonyl (C=O) groups excluding carboxylic acids is 1. The fourth-order valence-corrected chi connectivity index (χ4v) is 2.59. The lowest BCUT2D eigenvalue weighted by Gasteiger charge is -2.13. The molecule has 1 N–H and O–H groups in total. The van der Waals surface area contributed by atoms with Crippen LogP contribution >= 0.6 is 0 Å². The molecule has 1 heterocycles. The topological polar surface area (TPSA) is 73.2 Å². The Morgan fingerprint density at radius 3 is 2.76 bits per heavy atom. The minimum atomic E-state index is -0.309. The second kappa shape index (κ2) is 7.72. The van der Waals surface area contributed by atoms with Crippen molar-refractivity contribution in [1.29, 1.82) is 0 Å². The first-order valence-electron chi connectivity index (χ1n) is 8.09. The van der Waals surface area contributed by atoms with Gasteiger partial charge in [-0.2, -0.15) is 0 Å². The number of hydrogen-bond donors (Lipinski definition) is 1. The molecule has 0 unspecified atom stereocenters. The Hall–Kier alpha value is -2.99. The highest BCUT2D eigenvalue weighted by atomic mass is 16.5. The summed E-state index contributed by atoms with van der Waals surface area (Å²) in [7, 11) is 0. The maximum absolute atomic E-state index is 12.5. The van der Waals surface area contributed by atoms with Crippen molar-refractivity contribution in [3.63, 3.8) is 0 Å². The van der Waals surface area contributed by atoms with Crippen LogP contribution < -0.4 is 10.9 Å². The van der Waals surface area contributed by atoms with Crippen LogP contribution in [0.5, 0.6) is 0 Å². The second-order valence-electron chi connectivity index (χ2n) is 5.51. The van der Waals surface area contributed by atoms with E-state index in [4.69, 9.17) is 4.74 Å². The number of amides is 1. The average molecular weight is 337 g/mol. The standard InChI is InChI=1S/C19H19N3O3/c1-2-25-13-14-7-3-4-8-15(14)21-18(23)12-22-17-10-6-5-9-16(17)20-11-19(22)24/h3-11H,2,12-13H2,1H3,(H,21,23). The lowest BCUT2D eigenvalue weighted by molar-refractivity contribution is -0.116. The van der Waals surface area contributed by atoms with Gasteiger partial charge in [0.2, 0.25) is 5.91 Å². The minimum absolute atomic E-state index is 0.0785. The van der Waals surface area contributed by atoms with Crippen LogP contribution in [0.3, 0.4) is 0 Å². The number of nitrogens with zero attached hydrogens (tertiary/aromatic N) is 2. The number of hydrogen-bond acceptors (Lipinski definition) is 4. The fraction of sp³-hybridized carbons (Fsp3) is 0.211. The molecule has 1 amide bonds. The predicted molar refractivity (Wildman–Crippen MR) is 96.4 cm³/mol. The molecule has 0 saturated heterocycles. The van der Waals surface area contributed by atoms with Crippen molar-refractivity contribution < 1.29 is 9.53 Å². The van der Waals surface area contributed by atoms with Gasteiger partial charge in [0.25, 0.3) is 5.56 Å². The molecule has 0 saturated carbocycles. The zero-order chi connectivity index (χ0) is 17.6. The Balaban J connectivity index is 1.83. The first-order valence-corrected chi connectivity index (χ1v) is 8.09. The van der Waals surface area contributed by atoms with Crippen LogP contribution in [0.1, 0.15) is 12.5 Å². The summed E-state index contributed by atoms with van der Waals surface area (Å²) in [5, 5.41) is 2.86. The summed E-state index contributed by atoms with van der Waals surface area (Å²) < 4.78 is 6.84. The quantitative estimate of drug-likeness (QED) is 0.750. The van der Waals surface area contributed by atoms with Crippen molar-refractivity contribution in [2.75, 3.05) is 11.9 Å². The molecule has 0 spiro atoms. The third-order valence-electron chi connectivity index (χ3n) is 3.81. The Labute approximate surface area is 145 Å². The van der Waals surface area contributed by atoms with E-state index in [-0.39, 0.29) is 18.0 Å². The normalized spacial score (nSPS) is 10.8. The lowest BCUT2D eigenvalue weighted by atomic mass is 10.2. The number of nitrogens with one attached hydrogen (secondary N) is 1. The van der Waals surface area contributed by atoms with E-state index in [2.05, 4.69) is 10.3 Å². The summed E-state index contributed by atoms with van der Waals surface area (Å²) in [6, 6.07) is 14.7. The summed E-state index contributed by atoms with van der Waals surface area (Å²) in [5.74, 6) is -0.276. The van der Waals surface area contributed by atoms with Gasteiger partial charge in [-0.3, -0.25) is 14.2 Å². The average Bonchev–Trinajstić information content (AvgIpc) is 2.63. The van der Waals surface area contributed by atoms with Crippen LogP contribution in [0.25, 0.3) is 11.0 Å². The summed E-state index contributed by atoms with van der Waals surface area (Å²) in [5.41, 5.74) is 2.58. The highest BCUT2D eigenvalue weighted by Crippen LogP contribution is 2.16. The molecule has 128 valence electrons. The molecule has 6 heteroatoms. The lowest BCUT2D eigenvalue weighted by Crippen LogP contribution is -2.28. The van der Waals surface area contributed by atoms with Gasteiger partial charge in [0.05, 0.1) is 23.8 Å². The van der Waals surface area contributed by atoms with Crippen molar-refractivity contribution in [1.82, 2.24) is 9.55 Å². The van der Waals surface area contributed by atoms with Gasteiger partial charge in [0.1, 0.15) is 6.54 Å². The van der Waals surface area contributed by atoms with Crippen molar-refractivity contribution >= 4 is 22.6 Å². The van der Waals surface area contributed by atoms with Crippen LogP contribution in [-0.4, -0.2) is 22.1 Å². The van der Waals surface area contributed by atoms with Crippen molar-refractivity contribution in [3.8, 4) is 0 Å². The Bertz CT molecular complexity index is 950. The molecule has 0 aliphatic heterocycles. The number of carbonyl (C=O) groups is 1. The number of rotatable bonds is 6. The first kappa shape index (κ1) is 16.9. The van der Waals surface area contributed by atoms with Gasteiger partial charge in [-0.15, -0.1) is 0 Å². The van der Waals surface area contributed by atoms with E-state index < -0.39 is 0 Å². The van der Waals surface area contributed by atoms with Gasteiger partial charge in [0, 0.05) is 17.9 Å². The number of fused-ring (bicyclic) bond motifs is 1. The number of ether oxygens (including phenoxy) is 1. The molecule has 0 atom stereocenters. The second-order valence-corrected chi connectivity index (χ2v) is 5.51. The third kappa shape index (κ3) is 3.92. The number of para-hydroxylation sites is 3. The number of anilines is 1. The molecule has 1 aromatic heterocycles. The Morgan fingerprint density at radius 1 is 1.16 bits per heavy atom. The minimum Gasteiger partial charge on any atom is -0.377 e. The Kier molecular flexibility index (Phi) is 5.20. The molecule has 0 bridgehead atoms. The zero-order valence-corrected chi connectivity index (χ0v) is 13.9. The monoisotopic (exact) mass is 337 g/mol. The highest BCUT2D eigenvalue weighted by Gasteiger charge is 2.11. The highest BCUT2D eigenvalue weighted by molar-refractivity contribution is 5.92. The third-order valence-corrected chi connectivity index (χ3v) is 3.81. The molecular formula is C19H19N3O3. The van der Waals surface area contributed by atoms with E-state index in [9.17, 15) is 9.59 Å². The van der Waals surface area contributed by atoms with Crippen LogP contribution in [-0.2, 0) is 22.7 Å². The van der Waals surface area contributed by atoms with Crippen LogP contribution in [0.2, 0.25) is 0 Å². The molecule has 3 rings (SSSR count). The van der Waals surface area contributed by atoms with Crippen molar-refractivity contribution in [2.24, 2.45) is 0 Å². The van der Waals surface area contributed by atoms with E-state index in [1.54, 1.807) is 12.1 Å². The summed E-state index contributed by atoms with van der Waals surface area (Å²) in [4.78, 5) is 28.7. The number of aromatic nitrogens is 2. The van der Waals surface area contributed by atoms with E-state index in [0.29, 0.717) is 29.9 Å². The van der Waals surface area contributed by atoms with E-state index in [0.717, 1.165) is 5.56 Å². The molecule has 3 aromatic rings. The van der Waals surface area contributed by atoms with Gasteiger partial charge in [-0.05, 0) is 25.1 Å². The maximum atomic E-state index is 12.5. The van der Waals surface area contributed by atoms with Gasteiger partial charge < -0.3 is 10.1 Å². The predicted octanol–water partition coefficient (Wildman–Crippen LogP) is 2.57. The van der Waals surface area contributed by atoms with Crippen LogP contribution in [0.4, 0.5) is 5.69 Å². The molecule has 0 fully saturated rings. The molecule has 0 radical (unpaired) electrons. The SMILES string of the molecule is CCOCc1ccccc1NC(=O)Cn1c(=O)cnc2ccccc21. The molecule has 2 aromatic carbocycles. The molecule has 0 aliphatic carbocycles. The zero-order valence-electron chi connectivity index (χ0n) is 13.9. The largest absolute Gasteiger partial charge is 0.377 e. The Morgan fingerprint density at radius 2 is 1.92 bits per heavy atom. The van der Waals surface area contributed by atoms with Gasteiger partial charge in [-0.1, -0.05) is 30.3 Å². The molecular weight excluding hydrogens is 318 g/mol. The van der Waals surface area contributed by atoms with Crippen LogP contribution in [0.15, 0.2) is 59.5 Å². The van der Waals surface area contributed by atoms with E-state index in [1.807, 2.05) is 43.3 Å². The van der Waals surface area contributed by atoms with E-state index in [1.165, 1.54) is 10.8 Å². The van der Waals surface area contributed by atoms with E-state index >= 15 is 0 Å². The molecule has 25 heavy (non-hydrogen) atoms. The van der Waals surface area contributed by atoms with Crippen molar-refractivity contribution in [3.05, 3.63) is 70.6 Å². The summed E-state index contributed by atoms with van der Waals surface area (Å²) in [6.45, 7) is 2.86. The van der Waals surface area contributed by atoms with Crippen molar-refractivity contribution in [2.45, 2.75) is 20.1 Å². The van der Waals surface area contributed by atoms with Gasteiger partial charge >= 0.3 is 0 Å². The smallest absolute Gasteiger partial charge is 0.269 e. The molecule has 0 aliphatic rings. The fourth-order valence-electron chi connectivity index (χ4n) is 2.59. The maximum Gasteiger partial charge on any atom is 0.269 e. The van der Waals surface area contributed by atoms with Gasteiger partial charge in [0.15, 0.2) is 0 Å². The first-order chi connectivity index (χ1) is 12.2. The summed E-state index contributed by atoms with van der Waals surface area (Å²) in [6.07, 6.45) is 1.23. The molecule has 6 nitrogen and oxygen atoms in total. The number of benzene rings is 2. The van der Waals surface area contributed by atoms with Gasteiger partial charge in [-0.25, -0.2) is 4.98 Å².